The monoisotopic (exact) mass is 433 g/mol. The SMILES string of the molecule is C[C@@H]1CN(c2cccc(-c3nc4c(C(=O)Nc5nccs5)cccc4[nH]3)c2)C[C@H](C)O1. The first-order chi connectivity index (χ1) is 15.1. The maximum atomic E-state index is 12.8. The molecule has 2 N–H and O–H groups in total. The van der Waals surface area contributed by atoms with Crippen molar-refractivity contribution in [2.24, 2.45) is 0 Å². The number of carbonyl (C=O) groups excluding carboxylic acids is 1. The number of thiazole rings is 1. The average molecular weight is 434 g/mol. The van der Waals surface area contributed by atoms with E-state index in [0.29, 0.717) is 16.2 Å². The molecule has 1 aliphatic heterocycles. The lowest BCUT2D eigenvalue weighted by Gasteiger charge is -2.37. The summed E-state index contributed by atoms with van der Waals surface area (Å²) in [6.07, 6.45) is 2.05. The summed E-state index contributed by atoms with van der Waals surface area (Å²) in [4.78, 5) is 27.4. The Morgan fingerprint density at radius 1 is 1.19 bits per heavy atom. The number of benzene rings is 2. The molecule has 7 nitrogen and oxygen atoms in total. The minimum Gasteiger partial charge on any atom is -0.372 e. The zero-order valence-electron chi connectivity index (χ0n) is 17.3. The number of amides is 1. The molecule has 0 radical (unpaired) electrons. The minimum absolute atomic E-state index is 0.192. The Bertz CT molecular complexity index is 1210. The third kappa shape index (κ3) is 4.04. The van der Waals surface area contributed by atoms with Crippen molar-refractivity contribution in [3.05, 3.63) is 59.6 Å². The first-order valence-electron chi connectivity index (χ1n) is 10.3. The first kappa shape index (κ1) is 19.7. The lowest BCUT2D eigenvalue weighted by Crippen LogP contribution is -2.45. The number of H-pyrrole nitrogens is 1. The van der Waals surface area contributed by atoms with Crippen LogP contribution in [0.1, 0.15) is 24.2 Å². The number of hydrogen-bond acceptors (Lipinski definition) is 6. The molecule has 0 bridgehead atoms. The molecule has 1 aliphatic rings. The summed E-state index contributed by atoms with van der Waals surface area (Å²) in [5, 5.41) is 5.23. The highest BCUT2D eigenvalue weighted by atomic mass is 32.1. The zero-order valence-corrected chi connectivity index (χ0v) is 18.1. The predicted octanol–water partition coefficient (Wildman–Crippen LogP) is 4.55. The molecule has 8 heteroatoms. The van der Waals surface area contributed by atoms with E-state index in [0.717, 1.165) is 35.7 Å². The van der Waals surface area contributed by atoms with Gasteiger partial charge in [-0.3, -0.25) is 10.1 Å². The molecular formula is C23H23N5O2S. The van der Waals surface area contributed by atoms with Crippen LogP contribution in [0.2, 0.25) is 0 Å². The number of anilines is 2. The predicted molar refractivity (Wildman–Crippen MR) is 124 cm³/mol. The van der Waals surface area contributed by atoms with Gasteiger partial charge in [-0.15, -0.1) is 11.3 Å². The van der Waals surface area contributed by atoms with Gasteiger partial charge in [-0.25, -0.2) is 9.97 Å². The fourth-order valence-electron chi connectivity index (χ4n) is 4.04. The van der Waals surface area contributed by atoms with Crippen molar-refractivity contribution in [3.8, 4) is 11.4 Å². The van der Waals surface area contributed by atoms with Crippen LogP contribution in [0, 0.1) is 0 Å². The number of hydrogen-bond donors (Lipinski definition) is 2. The number of aromatic nitrogens is 3. The highest BCUT2D eigenvalue weighted by Crippen LogP contribution is 2.28. The molecule has 2 aromatic heterocycles. The van der Waals surface area contributed by atoms with E-state index in [1.807, 2.05) is 29.6 Å². The second kappa shape index (κ2) is 8.13. The largest absolute Gasteiger partial charge is 0.372 e. The van der Waals surface area contributed by atoms with E-state index >= 15 is 0 Å². The minimum atomic E-state index is -0.219. The Kier molecular flexibility index (Phi) is 5.17. The van der Waals surface area contributed by atoms with Crippen molar-refractivity contribution in [1.29, 1.82) is 0 Å². The maximum absolute atomic E-state index is 12.8. The number of morpholine rings is 1. The van der Waals surface area contributed by atoms with Crippen LogP contribution in [0.25, 0.3) is 22.4 Å². The van der Waals surface area contributed by atoms with Crippen molar-refractivity contribution >= 4 is 39.1 Å². The Morgan fingerprint density at radius 2 is 2.00 bits per heavy atom. The van der Waals surface area contributed by atoms with E-state index in [-0.39, 0.29) is 18.1 Å². The van der Waals surface area contributed by atoms with Crippen LogP contribution >= 0.6 is 11.3 Å². The van der Waals surface area contributed by atoms with E-state index in [2.05, 4.69) is 46.2 Å². The number of carbonyl (C=O) groups is 1. The van der Waals surface area contributed by atoms with Gasteiger partial charge in [0.25, 0.3) is 5.91 Å². The number of ether oxygens (including phenoxy) is 1. The van der Waals surface area contributed by atoms with Gasteiger partial charge in [-0.2, -0.15) is 0 Å². The Hall–Kier alpha value is -3.23. The molecule has 31 heavy (non-hydrogen) atoms. The number of fused-ring (bicyclic) bond motifs is 1. The fourth-order valence-corrected chi connectivity index (χ4v) is 4.56. The number of nitrogens with zero attached hydrogens (tertiary/aromatic N) is 3. The average Bonchev–Trinajstić information content (AvgIpc) is 3.42. The van der Waals surface area contributed by atoms with Crippen LogP contribution in [0.3, 0.4) is 0 Å². The summed E-state index contributed by atoms with van der Waals surface area (Å²) in [7, 11) is 0. The topological polar surface area (TPSA) is 83.1 Å². The van der Waals surface area contributed by atoms with Crippen LogP contribution in [0.15, 0.2) is 54.0 Å². The molecule has 1 amide bonds. The van der Waals surface area contributed by atoms with Gasteiger partial charge in [0.05, 0.1) is 23.3 Å². The zero-order chi connectivity index (χ0) is 21.4. The number of imidazole rings is 1. The molecule has 3 heterocycles. The molecule has 4 aromatic rings. The van der Waals surface area contributed by atoms with Gasteiger partial charge >= 0.3 is 0 Å². The second-order valence-electron chi connectivity index (χ2n) is 7.79. The van der Waals surface area contributed by atoms with Gasteiger partial charge in [-0.05, 0) is 38.1 Å². The third-order valence-electron chi connectivity index (χ3n) is 5.31. The molecule has 0 saturated carbocycles. The van der Waals surface area contributed by atoms with Crippen LogP contribution < -0.4 is 10.2 Å². The van der Waals surface area contributed by atoms with Gasteiger partial charge in [0, 0.05) is 35.9 Å². The molecule has 2 aromatic carbocycles. The van der Waals surface area contributed by atoms with Crippen molar-refractivity contribution in [3.63, 3.8) is 0 Å². The number of aromatic amines is 1. The molecule has 5 rings (SSSR count). The molecular weight excluding hydrogens is 410 g/mol. The Labute approximate surface area is 184 Å². The molecule has 1 saturated heterocycles. The van der Waals surface area contributed by atoms with Crippen molar-refractivity contribution in [2.45, 2.75) is 26.1 Å². The van der Waals surface area contributed by atoms with Gasteiger partial charge in [0.15, 0.2) is 5.13 Å². The lowest BCUT2D eigenvalue weighted by molar-refractivity contribution is -0.00521. The molecule has 0 unspecified atom stereocenters. The van der Waals surface area contributed by atoms with Gasteiger partial charge < -0.3 is 14.6 Å². The van der Waals surface area contributed by atoms with Gasteiger partial charge in [0.1, 0.15) is 11.3 Å². The normalized spacial score (nSPS) is 19.0. The standard InChI is InChI=1S/C23H23N5O2S/c1-14-12-28(13-15(2)30-14)17-6-3-5-16(11-17)21-25-19-8-4-7-18(20(19)26-21)22(29)27-23-24-9-10-31-23/h3-11,14-15H,12-13H2,1-2H3,(H,25,26)(H,24,27,29)/t14-,15+. The highest BCUT2D eigenvalue weighted by molar-refractivity contribution is 7.13. The van der Waals surface area contributed by atoms with E-state index in [9.17, 15) is 4.79 Å². The van der Waals surface area contributed by atoms with Crippen LogP contribution in [0.5, 0.6) is 0 Å². The summed E-state index contributed by atoms with van der Waals surface area (Å²) >= 11 is 1.38. The molecule has 0 spiro atoms. The van der Waals surface area contributed by atoms with Crippen molar-refractivity contribution in [1.82, 2.24) is 15.0 Å². The van der Waals surface area contributed by atoms with Gasteiger partial charge in [0.2, 0.25) is 0 Å². The van der Waals surface area contributed by atoms with Gasteiger partial charge in [-0.1, -0.05) is 18.2 Å². The van der Waals surface area contributed by atoms with E-state index in [1.165, 1.54) is 11.3 Å². The maximum Gasteiger partial charge on any atom is 0.259 e. The van der Waals surface area contributed by atoms with E-state index < -0.39 is 0 Å². The Balaban J connectivity index is 1.46. The molecule has 158 valence electrons. The molecule has 1 fully saturated rings. The third-order valence-corrected chi connectivity index (χ3v) is 6.00. The summed E-state index contributed by atoms with van der Waals surface area (Å²) in [5.41, 5.74) is 4.10. The summed E-state index contributed by atoms with van der Waals surface area (Å²) in [6.45, 7) is 5.91. The molecule has 0 aliphatic carbocycles. The van der Waals surface area contributed by atoms with Crippen LogP contribution in [0.4, 0.5) is 10.8 Å². The summed E-state index contributed by atoms with van der Waals surface area (Å²) in [6, 6.07) is 13.9. The van der Waals surface area contributed by atoms with Crippen LogP contribution in [-0.4, -0.2) is 46.2 Å². The number of nitrogens with one attached hydrogen (secondary N) is 2. The van der Waals surface area contributed by atoms with E-state index in [4.69, 9.17) is 9.72 Å². The smallest absolute Gasteiger partial charge is 0.259 e. The first-order valence-corrected chi connectivity index (χ1v) is 11.2. The van der Waals surface area contributed by atoms with Crippen molar-refractivity contribution < 1.29 is 9.53 Å². The summed E-state index contributed by atoms with van der Waals surface area (Å²) in [5.74, 6) is 0.518. The molecule has 2 atom stereocenters. The summed E-state index contributed by atoms with van der Waals surface area (Å²) < 4.78 is 5.86. The quantitative estimate of drug-likeness (QED) is 0.493. The van der Waals surface area contributed by atoms with E-state index in [1.54, 1.807) is 12.3 Å². The number of para-hydroxylation sites is 1. The van der Waals surface area contributed by atoms with Crippen molar-refractivity contribution in [2.75, 3.05) is 23.3 Å². The lowest BCUT2D eigenvalue weighted by atomic mass is 10.1. The highest BCUT2D eigenvalue weighted by Gasteiger charge is 2.23. The number of rotatable bonds is 4. The second-order valence-corrected chi connectivity index (χ2v) is 8.69. The fraction of sp³-hybridized carbons (Fsp3) is 0.261. The Morgan fingerprint density at radius 3 is 2.77 bits per heavy atom. The van der Waals surface area contributed by atoms with Crippen LogP contribution in [-0.2, 0) is 4.74 Å².